The third-order valence-electron chi connectivity index (χ3n) is 6.77. The van der Waals surface area contributed by atoms with Gasteiger partial charge in [0.1, 0.15) is 5.72 Å². The first kappa shape index (κ1) is 29.5. The summed E-state index contributed by atoms with van der Waals surface area (Å²) in [6.45, 7) is 18.4. The molecular weight excluding hydrogens is 438 g/mol. The fraction of sp³-hybridized carbons (Fsp3) is 0.600. The molecule has 0 amide bonds. The second-order valence-electron chi connectivity index (χ2n) is 12.2. The minimum atomic E-state index is -0.924. The monoisotopic (exact) mass is 485 g/mol. The van der Waals surface area contributed by atoms with E-state index in [1.165, 1.54) is 11.1 Å². The summed E-state index contributed by atoms with van der Waals surface area (Å²) in [5, 5.41) is 19.9. The zero-order valence-corrected chi connectivity index (χ0v) is 23.2. The summed E-state index contributed by atoms with van der Waals surface area (Å²) in [5.74, 6) is 0. The highest BCUT2D eigenvalue weighted by atomic mass is 16.5. The molecule has 0 aliphatic heterocycles. The van der Waals surface area contributed by atoms with Crippen molar-refractivity contribution in [3.05, 3.63) is 70.8 Å². The highest BCUT2D eigenvalue weighted by molar-refractivity contribution is 5.41. The van der Waals surface area contributed by atoms with Crippen LogP contribution in [0.5, 0.6) is 0 Å². The van der Waals surface area contributed by atoms with Gasteiger partial charge < -0.3 is 19.7 Å². The lowest BCUT2D eigenvalue weighted by atomic mass is 9.77. The van der Waals surface area contributed by atoms with Gasteiger partial charge in [-0.2, -0.15) is 0 Å². The van der Waals surface area contributed by atoms with Crippen LogP contribution >= 0.6 is 0 Å². The van der Waals surface area contributed by atoms with Crippen LogP contribution in [-0.2, 0) is 26.2 Å². The standard InChI is InChI=1S/C30H47NO4/c1-26(2,32)18-20-34-29(7,8)24-14-10-22(11-15-24)28(5,6)23-12-16-25(17-13-23)30(9,31)35-21-19-27(3,4)33/h10-17,32-33H,18-21,31H2,1-9H3. The molecule has 4 N–H and O–H groups in total. The van der Waals surface area contributed by atoms with Gasteiger partial charge in [0, 0.05) is 5.41 Å². The first-order chi connectivity index (χ1) is 15.8. The Morgan fingerprint density at radius 1 is 0.571 bits per heavy atom. The molecule has 0 saturated heterocycles. The first-order valence-corrected chi connectivity index (χ1v) is 12.6. The van der Waals surface area contributed by atoms with Gasteiger partial charge in [-0.3, -0.25) is 5.73 Å². The van der Waals surface area contributed by atoms with Crippen LogP contribution in [0.4, 0.5) is 0 Å². The van der Waals surface area contributed by atoms with Crippen molar-refractivity contribution >= 4 is 0 Å². The fourth-order valence-electron chi connectivity index (χ4n) is 3.91. The Bertz CT molecular complexity index is 853. The Morgan fingerprint density at radius 3 is 1.31 bits per heavy atom. The van der Waals surface area contributed by atoms with E-state index in [1.807, 2.05) is 19.1 Å². The summed E-state index contributed by atoms with van der Waals surface area (Å²) in [6.07, 6.45) is 1.10. The Morgan fingerprint density at radius 2 is 0.914 bits per heavy atom. The van der Waals surface area contributed by atoms with Crippen LogP contribution in [-0.4, -0.2) is 34.6 Å². The molecule has 0 saturated carbocycles. The zero-order chi connectivity index (χ0) is 26.7. The summed E-state index contributed by atoms with van der Waals surface area (Å²) in [4.78, 5) is 0. The number of nitrogens with two attached hydrogens (primary N) is 1. The van der Waals surface area contributed by atoms with Crippen LogP contribution in [0.25, 0.3) is 0 Å². The normalized spacial score (nSPS) is 15.2. The van der Waals surface area contributed by atoms with Crippen molar-refractivity contribution in [3.63, 3.8) is 0 Å². The van der Waals surface area contributed by atoms with Gasteiger partial charge in [-0.15, -0.1) is 0 Å². The topological polar surface area (TPSA) is 84.9 Å². The van der Waals surface area contributed by atoms with E-state index >= 15 is 0 Å². The summed E-state index contributed by atoms with van der Waals surface area (Å²) < 4.78 is 12.0. The molecule has 0 bridgehead atoms. The summed E-state index contributed by atoms with van der Waals surface area (Å²) in [7, 11) is 0. The van der Waals surface area contributed by atoms with Crippen LogP contribution in [0.2, 0.25) is 0 Å². The lowest BCUT2D eigenvalue weighted by molar-refractivity contribution is -0.0569. The molecule has 1 atom stereocenters. The lowest BCUT2D eigenvalue weighted by Gasteiger charge is -2.31. The molecule has 2 aromatic rings. The SMILES string of the molecule is CC(C)(O)CCOC(C)(C)c1ccc(C(C)(C)c2ccc(C(C)(N)OCCC(C)(C)O)cc2)cc1. The summed E-state index contributed by atoms with van der Waals surface area (Å²) in [5.41, 5.74) is 7.74. The Balaban J connectivity index is 2.11. The molecule has 2 aromatic carbocycles. The van der Waals surface area contributed by atoms with E-state index in [-0.39, 0.29) is 5.41 Å². The van der Waals surface area contributed by atoms with E-state index < -0.39 is 22.5 Å². The molecule has 1 unspecified atom stereocenters. The number of aliphatic hydroxyl groups is 2. The Kier molecular flexibility index (Phi) is 9.01. The molecule has 196 valence electrons. The maximum absolute atomic E-state index is 9.95. The van der Waals surface area contributed by atoms with Crippen molar-refractivity contribution in [2.75, 3.05) is 13.2 Å². The van der Waals surface area contributed by atoms with Crippen molar-refractivity contribution < 1.29 is 19.7 Å². The van der Waals surface area contributed by atoms with Crippen LogP contribution < -0.4 is 5.73 Å². The van der Waals surface area contributed by atoms with E-state index in [4.69, 9.17) is 15.2 Å². The minimum Gasteiger partial charge on any atom is -0.390 e. The molecular formula is C30H47NO4. The highest BCUT2D eigenvalue weighted by Gasteiger charge is 2.28. The molecule has 2 rings (SSSR count). The number of ether oxygens (including phenoxy) is 2. The molecule has 0 aliphatic carbocycles. The minimum absolute atomic E-state index is 0.199. The van der Waals surface area contributed by atoms with Crippen LogP contribution in [0, 0.1) is 0 Å². The third-order valence-corrected chi connectivity index (χ3v) is 6.77. The maximum atomic E-state index is 9.95. The van der Waals surface area contributed by atoms with Gasteiger partial charge in [0.05, 0.1) is 30.0 Å². The van der Waals surface area contributed by atoms with Gasteiger partial charge in [0.2, 0.25) is 0 Å². The van der Waals surface area contributed by atoms with Crippen molar-refractivity contribution in [3.8, 4) is 0 Å². The molecule has 35 heavy (non-hydrogen) atoms. The molecule has 0 spiro atoms. The highest BCUT2D eigenvalue weighted by Crippen LogP contribution is 2.34. The van der Waals surface area contributed by atoms with Gasteiger partial charge in [0.25, 0.3) is 0 Å². The van der Waals surface area contributed by atoms with Gasteiger partial charge >= 0.3 is 0 Å². The van der Waals surface area contributed by atoms with Crippen LogP contribution in [0.15, 0.2) is 48.5 Å². The zero-order valence-electron chi connectivity index (χ0n) is 23.2. The van der Waals surface area contributed by atoms with E-state index in [9.17, 15) is 10.2 Å². The third kappa shape index (κ3) is 8.69. The predicted octanol–water partition coefficient (Wildman–Crippen LogP) is 5.73. The number of rotatable bonds is 12. The van der Waals surface area contributed by atoms with Crippen molar-refractivity contribution in [2.24, 2.45) is 5.73 Å². The average Bonchev–Trinajstić information content (AvgIpc) is 2.71. The number of benzene rings is 2. The number of hydrogen-bond acceptors (Lipinski definition) is 5. The van der Waals surface area contributed by atoms with Gasteiger partial charge in [-0.05, 0) is 83.6 Å². The quantitative estimate of drug-likeness (QED) is 0.334. The smallest absolute Gasteiger partial charge is 0.139 e. The van der Waals surface area contributed by atoms with E-state index in [0.29, 0.717) is 26.1 Å². The molecule has 0 fully saturated rings. The van der Waals surface area contributed by atoms with Crippen molar-refractivity contribution in [2.45, 2.75) is 103 Å². The van der Waals surface area contributed by atoms with Gasteiger partial charge in [-0.1, -0.05) is 62.4 Å². The molecule has 0 radical (unpaired) electrons. The second kappa shape index (κ2) is 10.7. The Labute approximate surface area is 212 Å². The van der Waals surface area contributed by atoms with Crippen LogP contribution in [0.3, 0.4) is 0 Å². The van der Waals surface area contributed by atoms with Gasteiger partial charge in [0.15, 0.2) is 0 Å². The lowest BCUT2D eigenvalue weighted by Crippen LogP contribution is -2.37. The summed E-state index contributed by atoms with van der Waals surface area (Å²) >= 11 is 0. The molecule has 0 aliphatic rings. The molecule has 0 heterocycles. The van der Waals surface area contributed by atoms with E-state index in [1.54, 1.807) is 27.7 Å². The second-order valence-corrected chi connectivity index (χ2v) is 12.2. The molecule has 5 nitrogen and oxygen atoms in total. The predicted molar refractivity (Wildman–Crippen MR) is 143 cm³/mol. The van der Waals surface area contributed by atoms with Crippen LogP contribution in [0.1, 0.15) is 97.4 Å². The van der Waals surface area contributed by atoms with Gasteiger partial charge in [-0.25, -0.2) is 0 Å². The molecule has 0 aromatic heterocycles. The fourth-order valence-corrected chi connectivity index (χ4v) is 3.91. The first-order valence-electron chi connectivity index (χ1n) is 12.6. The van der Waals surface area contributed by atoms with E-state index in [0.717, 1.165) is 11.1 Å². The molecule has 5 heteroatoms. The van der Waals surface area contributed by atoms with Crippen molar-refractivity contribution in [1.29, 1.82) is 0 Å². The average molecular weight is 486 g/mol. The van der Waals surface area contributed by atoms with E-state index in [2.05, 4.69) is 64.1 Å². The van der Waals surface area contributed by atoms with Crippen molar-refractivity contribution in [1.82, 2.24) is 0 Å². The number of hydrogen-bond donors (Lipinski definition) is 3. The summed E-state index contributed by atoms with van der Waals surface area (Å²) in [6, 6.07) is 16.8. The largest absolute Gasteiger partial charge is 0.390 e. The Hall–Kier alpha value is -1.76. The maximum Gasteiger partial charge on any atom is 0.139 e.